The Balaban J connectivity index is 1.79. The van der Waals surface area contributed by atoms with Gasteiger partial charge in [0.15, 0.2) is 0 Å². The number of aryl methyl sites for hydroxylation is 1. The minimum Gasteiger partial charge on any atom is -0.497 e. The predicted octanol–water partition coefficient (Wildman–Crippen LogP) is 4.60. The summed E-state index contributed by atoms with van der Waals surface area (Å²) in [4.78, 5) is 23.3. The molecule has 0 aliphatic carbocycles. The first-order chi connectivity index (χ1) is 14.0. The van der Waals surface area contributed by atoms with Crippen molar-refractivity contribution in [3.8, 4) is 28.3 Å². The Kier molecular flexibility index (Phi) is 3.88. The van der Waals surface area contributed by atoms with Gasteiger partial charge in [0.1, 0.15) is 22.5 Å². The molecule has 0 N–H and O–H groups in total. The molecule has 0 saturated heterocycles. The van der Waals surface area contributed by atoms with E-state index in [2.05, 4.69) is 4.37 Å². The largest absolute Gasteiger partial charge is 0.497 e. The Morgan fingerprint density at radius 3 is 2.66 bits per heavy atom. The van der Waals surface area contributed by atoms with Crippen LogP contribution in [0.1, 0.15) is 5.56 Å². The van der Waals surface area contributed by atoms with Crippen LogP contribution < -0.4 is 15.3 Å². The molecule has 7 nitrogen and oxygen atoms in total. The molecule has 0 bridgehead atoms. The Morgan fingerprint density at radius 1 is 1.03 bits per heavy atom. The summed E-state index contributed by atoms with van der Waals surface area (Å²) in [7, 11) is 1.61. The van der Waals surface area contributed by atoms with Crippen LogP contribution in [0.15, 0.2) is 65.5 Å². The SMILES string of the molecule is COc1cccc(-c2coc3cc4oc(=O)c(-c5nsc(=O)o5)c(C)c4cc23)c1. The fourth-order valence-corrected chi connectivity index (χ4v) is 3.83. The van der Waals surface area contributed by atoms with Crippen LogP contribution in [0.2, 0.25) is 0 Å². The van der Waals surface area contributed by atoms with E-state index >= 15 is 0 Å². The fourth-order valence-electron chi connectivity index (χ4n) is 3.42. The van der Waals surface area contributed by atoms with Crippen LogP contribution >= 0.6 is 11.5 Å². The topological polar surface area (TPSA) is 95.7 Å². The molecule has 0 amide bonds. The second-order valence-electron chi connectivity index (χ2n) is 6.46. The molecule has 0 aliphatic rings. The molecule has 0 aliphatic heterocycles. The van der Waals surface area contributed by atoms with E-state index in [0.29, 0.717) is 33.6 Å². The van der Waals surface area contributed by atoms with Gasteiger partial charge in [-0.25, -0.2) is 9.59 Å². The molecular weight excluding hydrogens is 394 g/mol. The first kappa shape index (κ1) is 17.4. The highest BCUT2D eigenvalue weighted by molar-refractivity contribution is 7.02. The Bertz CT molecular complexity index is 1500. The van der Waals surface area contributed by atoms with Gasteiger partial charge < -0.3 is 18.0 Å². The van der Waals surface area contributed by atoms with Gasteiger partial charge in [0.2, 0.25) is 5.89 Å². The van der Waals surface area contributed by atoms with Crippen LogP contribution in [0.25, 0.3) is 44.5 Å². The molecule has 0 unspecified atom stereocenters. The third-order valence-corrected chi connectivity index (χ3v) is 5.33. The van der Waals surface area contributed by atoms with Crippen molar-refractivity contribution >= 4 is 33.5 Å². The van der Waals surface area contributed by atoms with Crippen LogP contribution in [-0.4, -0.2) is 11.5 Å². The average molecular weight is 407 g/mol. The molecular formula is C21H13NO6S. The zero-order valence-corrected chi connectivity index (χ0v) is 16.2. The second-order valence-corrected chi connectivity index (χ2v) is 7.15. The molecule has 0 spiro atoms. The molecule has 29 heavy (non-hydrogen) atoms. The number of hydrogen-bond acceptors (Lipinski definition) is 8. The van der Waals surface area contributed by atoms with E-state index in [-0.39, 0.29) is 11.5 Å². The first-order valence-electron chi connectivity index (χ1n) is 8.65. The Morgan fingerprint density at radius 2 is 1.90 bits per heavy atom. The monoisotopic (exact) mass is 407 g/mol. The summed E-state index contributed by atoms with van der Waals surface area (Å²) in [5.41, 5.74) is 2.92. The van der Waals surface area contributed by atoms with Gasteiger partial charge in [-0.15, -0.1) is 4.37 Å². The molecule has 0 radical (unpaired) electrons. The number of benzene rings is 2. The highest BCUT2D eigenvalue weighted by Gasteiger charge is 2.20. The van der Waals surface area contributed by atoms with Gasteiger partial charge >= 0.3 is 10.6 Å². The molecule has 144 valence electrons. The molecule has 5 rings (SSSR count). The lowest BCUT2D eigenvalue weighted by Gasteiger charge is -2.06. The van der Waals surface area contributed by atoms with E-state index in [4.69, 9.17) is 18.0 Å². The van der Waals surface area contributed by atoms with Crippen molar-refractivity contribution in [2.24, 2.45) is 0 Å². The number of aromatic nitrogens is 1. The third kappa shape index (κ3) is 2.76. The van der Waals surface area contributed by atoms with Gasteiger partial charge in [-0.2, -0.15) is 0 Å². The quantitative estimate of drug-likeness (QED) is 0.403. The summed E-state index contributed by atoms with van der Waals surface area (Å²) in [6.07, 6.45) is 1.66. The minimum atomic E-state index is -0.622. The number of hydrogen-bond donors (Lipinski definition) is 0. The van der Waals surface area contributed by atoms with Crippen molar-refractivity contribution in [2.75, 3.05) is 7.11 Å². The van der Waals surface area contributed by atoms with Crippen LogP contribution in [0.3, 0.4) is 0 Å². The van der Waals surface area contributed by atoms with Crippen LogP contribution in [0.4, 0.5) is 0 Å². The number of methoxy groups -OCH3 is 1. The smallest absolute Gasteiger partial charge is 0.414 e. The van der Waals surface area contributed by atoms with E-state index in [0.717, 1.165) is 22.3 Å². The van der Waals surface area contributed by atoms with Gasteiger partial charge in [0.05, 0.1) is 24.9 Å². The molecule has 2 aromatic carbocycles. The Labute approximate surface area is 166 Å². The summed E-state index contributed by atoms with van der Waals surface area (Å²) in [5, 5.41) is 1.56. The van der Waals surface area contributed by atoms with E-state index in [9.17, 15) is 9.59 Å². The van der Waals surface area contributed by atoms with Crippen molar-refractivity contribution in [2.45, 2.75) is 6.92 Å². The van der Waals surface area contributed by atoms with Gasteiger partial charge in [-0.1, -0.05) is 12.1 Å². The zero-order chi connectivity index (χ0) is 20.1. The minimum absolute atomic E-state index is 0.0338. The maximum absolute atomic E-state index is 12.5. The fraction of sp³-hybridized carbons (Fsp3) is 0.0952. The van der Waals surface area contributed by atoms with Gasteiger partial charge in [-0.3, -0.25) is 0 Å². The number of rotatable bonds is 3. The molecule has 0 saturated carbocycles. The van der Waals surface area contributed by atoms with Crippen LogP contribution in [0, 0.1) is 6.92 Å². The second kappa shape index (κ2) is 6.46. The molecule has 3 aromatic heterocycles. The first-order valence-corrected chi connectivity index (χ1v) is 9.43. The average Bonchev–Trinajstić information content (AvgIpc) is 3.32. The number of ether oxygens (including phenoxy) is 1. The normalized spacial score (nSPS) is 11.4. The molecule has 3 heterocycles. The van der Waals surface area contributed by atoms with Crippen LogP contribution in [-0.2, 0) is 0 Å². The molecule has 0 fully saturated rings. The number of nitrogens with zero attached hydrogens (tertiary/aromatic N) is 1. The van der Waals surface area contributed by atoms with Crippen molar-refractivity contribution in [3.05, 3.63) is 68.4 Å². The lowest BCUT2D eigenvalue weighted by molar-refractivity contribution is 0.415. The van der Waals surface area contributed by atoms with Gasteiger partial charge in [-0.05, 0) is 36.2 Å². The summed E-state index contributed by atoms with van der Waals surface area (Å²) in [6.45, 7) is 1.77. The van der Waals surface area contributed by atoms with Crippen LogP contribution in [0.5, 0.6) is 5.75 Å². The van der Waals surface area contributed by atoms with Crippen molar-refractivity contribution in [1.29, 1.82) is 0 Å². The van der Waals surface area contributed by atoms with Gasteiger partial charge in [0.25, 0.3) is 0 Å². The van der Waals surface area contributed by atoms with Gasteiger partial charge in [0, 0.05) is 22.4 Å². The molecule has 8 heteroatoms. The zero-order valence-electron chi connectivity index (χ0n) is 15.3. The highest BCUT2D eigenvalue weighted by atomic mass is 32.1. The summed E-state index contributed by atoms with van der Waals surface area (Å²) < 4.78 is 25.4. The highest BCUT2D eigenvalue weighted by Crippen LogP contribution is 2.36. The maximum atomic E-state index is 12.5. The van der Waals surface area contributed by atoms with E-state index in [1.54, 1.807) is 26.4 Å². The number of furan rings is 1. The summed E-state index contributed by atoms with van der Waals surface area (Å²) in [5.74, 6) is 0.703. The summed E-state index contributed by atoms with van der Waals surface area (Å²) in [6, 6.07) is 11.2. The lowest BCUT2D eigenvalue weighted by atomic mass is 10.0. The maximum Gasteiger partial charge on any atom is 0.414 e. The van der Waals surface area contributed by atoms with E-state index in [1.165, 1.54) is 0 Å². The molecule has 0 atom stereocenters. The third-order valence-electron chi connectivity index (χ3n) is 4.84. The van der Waals surface area contributed by atoms with E-state index in [1.807, 2.05) is 30.3 Å². The van der Waals surface area contributed by atoms with Crippen molar-refractivity contribution < 1.29 is 18.0 Å². The van der Waals surface area contributed by atoms with E-state index < -0.39 is 10.6 Å². The lowest BCUT2D eigenvalue weighted by Crippen LogP contribution is -2.06. The molecule has 5 aromatic rings. The standard InChI is InChI=1S/C21H13NO6S/c1-10-13-7-14-15(11-4-3-5-12(6-11)25-2)9-26-16(14)8-17(13)27-20(23)18(10)19-22-29-21(24)28-19/h3-9H,1-2H3. The summed E-state index contributed by atoms with van der Waals surface area (Å²) >= 11 is 0.650. The number of fused-ring (bicyclic) bond motifs is 2. The predicted molar refractivity (Wildman–Crippen MR) is 109 cm³/mol. The van der Waals surface area contributed by atoms with Crippen molar-refractivity contribution in [1.82, 2.24) is 4.37 Å². The Hall–Kier alpha value is -3.65. The van der Waals surface area contributed by atoms with Crippen molar-refractivity contribution in [3.63, 3.8) is 0 Å².